The summed E-state index contributed by atoms with van der Waals surface area (Å²) in [5.74, 6) is -0.795. The van der Waals surface area contributed by atoms with Crippen LogP contribution in [0.25, 0.3) is 16.6 Å². The third-order valence-corrected chi connectivity index (χ3v) is 10.1. The number of para-hydroxylation sites is 1. The van der Waals surface area contributed by atoms with E-state index in [0.717, 1.165) is 77.4 Å². The van der Waals surface area contributed by atoms with Gasteiger partial charge in [0, 0.05) is 55.1 Å². The van der Waals surface area contributed by atoms with E-state index >= 15 is 0 Å². The molecule has 5 N–H and O–H groups in total. The summed E-state index contributed by atoms with van der Waals surface area (Å²) in [4.78, 5) is 65.7. The van der Waals surface area contributed by atoms with Crippen molar-refractivity contribution in [3.05, 3.63) is 70.7 Å². The molecule has 2 aliphatic carbocycles. The number of nitrogens with zero attached hydrogens (tertiary/aromatic N) is 4. The van der Waals surface area contributed by atoms with Crippen molar-refractivity contribution in [2.45, 2.75) is 56.5 Å². The Kier molecular flexibility index (Phi) is 7.31. The Bertz CT molecular complexity index is 1890. The maximum atomic E-state index is 13.2. The highest BCUT2D eigenvalue weighted by atomic mass is 16.2. The van der Waals surface area contributed by atoms with Crippen LogP contribution in [0.3, 0.4) is 0 Å². The molecule has 4 fully saturated rings. The number of aliphatic imine (C=N–C) groups is 1. The van der Waals surface area contributed by atoms with E-state index in [-0.39, 0.29) is 30.0 Å². The maximum absolute atomic E-state index is 13.2. The van der Waals surface area contributed by atoms with Crippen LogP contribution in [0.2, 0.25) is 0 Å². The molecule has 3 aliphatic heterocycles. The monoisotopic (exact) mass is 632 g/mol. The minimum absolute atomic E-state index is 0.0887. The van der Waals surface area contributed by atoms with Gasteiger partial charge in [-0.25, -0.2) is 4.98 Å². The highest BCUT2D eigenvalue weighted by Crippen LogP contribution is 2.38. The van der Waals surface area contributed by atoms with Crippen molar-refractivity contribution in [2.24, 2.45) is 22.6 Å². The standard InChI is InChI=1S/C35H36N8O4/c36-31(19-4-5-19)26(28-17-40-32-23(20-14-37-15-20)2-1-3-27(32)41-28)16-39-22-10-18(11-22)13-38-21-6-7-24-25(12-21)35(47)43(34(24)46)29-8-9-30(44)42-33(29)45/h1-3,6-7,12,16-20,22,29,37-38H,4-5,8-11,13-15,36H2,(H,42,44,45). The molecule has 240 valence electrons. The molecule has 4 heterocycles. The lowest BCUT2D eigenvalue weighted by molar-refractivity contribution is -0.136. The van der Waals surface area contributed by atoms with Crippen LogP contribution in [0.4, 0.5) is 5.69 Å². The first-order valence-electron chi connectivity index (χ1n) is 16.4. The van der Waals surface area contributed by atoms with Crippen LogP contribution in [0.5, 0.6) is 0 Å². The van der Waals surface area contributed by atoms with E-state index in [1.165, 1.54) is 5.56 Å². The second-order valence-corrected chi connectivity index (χ2v) is 13.3. The molecule has 2 saturated carbocycles. The zero-order chi connectivity index (χ0) is 32.2. The first kappa shape index (κ1) is 29.4. The molecule has 0 radical (unpaired) electrons. The number of nitrogens with two attached hydrogens (primary N) is 1. The molecule has 47 heavy (non-hydrogen) atoms. The lowest BCUT2D eigenvalue weighted by Crippen LogP contribution is -2.54. The number of allylic oxidation sites excluding steroid dienone is 2. The van der Waals surface area contributed by atoms with Gasteiger partial charge in [-0.15, -0.1) is 0 Å². The Morgan fingerprint density at radius 3 is 2.60 bits per heavy atom. The number of benzene rings is 2. The lowest BCUT2D eigenvalue weighted by atomic mass is 9.80. The summed E-state index contributed by atoms with van der Waals surface area (Å²) in [6.45, 7) is 2.63. The van der Waals surface area contributed by atoms with Gasteiger partial charge in [0.2, 0.25) is 11.8 Å². The summed E-state index contributed by atoms with van der Waals surface area (Å²) in [5.41, 5.74) is 13.4. The van der Waals surface area contributed by atoms with Gasteiger partial charge >= 0.3 is 0 Å². The minimum atomic E-state index is -0.977. The van der Waals surface area contributed by atoms with Gasteiger partial charge in [0.25, 0.3) is 11.8 Å². The van der Waals surface area contributed by atoms with Gasteiger partial charge in [-0.3, -0.25) is 39.4 Å². The molecule has 12 heteroatoms. The third kappa shape index (κ3) is 5.46. The highest BCUT2D eigenvalue weighted by molar-refractivity contribution is 6.23. The van der Waals surface area contributed by atoms with E-state index in [4.69, 9.17) is 20.7 Å². The molecule has 1 unspecified atom stereocenters. The van der Waals surface area contributed by atoms with Gasteiger partial charge in [0.1, 0.15) is 6.04 Å². The van der Waals surface area contributed by atoms with Crippen molar-refractivity contribution in [3.8, 4) is 0 Å². The number of imide groups is 2. The van der Waals surface area contributed by atoms with E-state index in [1.54, 1.807) is 18.2 Å². The molecule has 1 atom stereocenters. The van der Waals surface area contributed by atoms with Gasteiger partial charge in [-0.1, -0.05) is 12.1 Å². The average Bonchev–Trinajstić information content (AvgIpc) is 3.84. The van der Waals surface area contributed by atoms with Crippen LogP contribution < -0.4 is 21.7 Å². The number of piperidine rings is 1. The van der Waals surface area contributed by atoms with Gasteiger partial charge in [0.15, 0.2) is 0 Å². The van der Waals surface area contributed by atoms with Crippen LogP contribution in [0, 0.1) is 11.8 Å². The van der Waals surface area contributed by atoms with Crippen molar-refractivity contribution >= 4 is 52.1 Å². The summed E-state index contributed by atoms with van der Waals surface area (Å²) < 4.78 is 0. The number of nitrogens with one attached hydrogen (secondary N) is 3. The quantitative estimate of drug-likeness (QED) is 0.205. The summed E-state index contributed by atoms with van der Waals surface area (Å²) in [6, 6.07) is 10.5. The van der Waals surface area contributed by atoms with E-state index in [2.05, 4.69) is 28.1 Å². The van der Waals surface area contributed by atoms with E-state index in [0.29, 0.717) is 24.3 Å². The Labute approximate surface area is 271 Å². The zero-order valence-electron chi connectivity index (χ0n) is 25.9. The van der Waals surface area contributed by atoms with Gasteiger partial charge in [-0.2, -0.15) is 0 Å². The maximum Gasteiger partial charge on any atom is 0.262 e. The number of hydrogen-bond acceptors (Lipinski definition) is 10. The smallest absolute Gasteiger partial charge is 0.262 e. The lowest BCUT2D eigenvalue weighted by Gasteiger charge is -2.33. The van der Waals surface area contributed by atoms with E-state index < -0.39 is 29.7 Å². The predicted octanol–water partition coefficient (Wildman–Crippen LogP) is 2.76. The first-order chi connectivity index (χ1) is 22.8. The van der Waals surface area contributed by atoms with Crippen molar-refractivity contribution in [2.75, 3.05) is 25.0 Å². The van der Waals surface area contributed by atoms with Gasteiger partial charge in [0.05, 0.1) is 40.1 Å². The third-order valence-electron chi connectivity index (χ3n) is 10.1. The Balaban J connectivity index is 0.901. The predicted molar refractivity (Wildman–Crippen MR) is 176 cm³/mol. The normalized spacial score (nSPS) is 25.0. The summed E-state index contributed by atoms with van der Waals surface area (Å²) in [6.07, 6.45) is 7.93. The molecule has 3 aromatic rings. The van der Waals surface area contributed by atoms with Crippen LogP contribution in [0.1, 0.15) is 76.4 Å². The Morgan fingerprint density at radius 1 is 1.04 bits per heavy atom. The first-order valence-corrected chi connectivity index (χ1v) is 16.4. The molecule has 12 nitrogen and oxygen atoms in total. The Hall–Kier alpha value is -4.97. The number of rotatable bonds is 9. The number of hydrogen-bond donors (Lipinski definition) is 4. The number of anilines is 1. The fourth-order valence-electron chi connectivity index (χ4n) is 6.95. The topological polar surface area (TPSA) is 172 Å². The van der Waals surface area contributed by atoms with Crippen molar-refractivity contribution in [1.82, 2.24) is 25.5 Å². The number of carbonyl (C=O) groups excluding carboxylic acids is 4. The van der Waals surface area contributed by atoms with Crippen molar-refractivity contribution in [1.29, 1.82) is 0 Å². The largest absolute Gasteiger partial charge is 0.401 e. The molecule has 5 aliphatic rings. The number of carbonyl (C=O) groups is 4. The summed E-state index contributed by atoms with van der Waals surface area (Å²) in [5, 5.41) is 8.96. The molecule has 1 aromatic heterocycles. The fourth-order valence-corrected chi connectivity index (χ4v) is 6.95. The molecule has 8 rings (SSSR count). The van der Waals surface area contributed by atoms with Gasteiger partial charge in [-0.05, 0) is 73.8 Å². The SMILES string of the molecule is NC(=C(C=NC1CC(CNc2ccc3c(c2)C(=O)N(C2CCC(=O)NC2=O)C3=O)C1)c1cnc2c(C3CNC3)cccc2n1)C1CC1. The van der Waals surface area contributed by atoms with Crippen LogP contribution in [0.15, 0.2) is 53.3 Å². The molecular formula is C35H36N8O4. The second kappa shape index (κ2) is 11.7. The van der Waals surface area contributed by atoms with Crippen LogP contribution >= 0.6 is 0 Å². The van der Waals surface area contributed by atoms with Crippen LogP contribution in [-0.2, 0) is 9.59 Å². The number of amides is 4. The molecular weight excluding hydrogens is 596 g/mol. The molecule has 2 saturated heterocycles. The van der Waals surface area contributed by atoms with E-state index in [1.807, 2.05) is 18.5 Å². The van der Waals surface area contributed by atoms with Crippen molar-refractivity contribution < 1.29 is 19.2 Å². The number of aromatic nitrogens is 2. The summed E-state index contributed by atoms with van der Waals surface area (Å²) in [7, 11) is 0. The fraction of sp³-hybridized carbons (Fsp3) is 0.400. The van der Waals surface area contributed by atoms with Crippen molar-refractivity contribution in [3.63, 3.8) is 0 Å². The molecule has 4 amide bonds. The second-order valence-electron chi connectivity index (χ2n) is 13.3. The van der Waals surface area contributed by atoms with E-state index in [9.17, 15) is 19.2 Å². The average molecular weight is 633 g/mol. The van der Waals surface area contributed by atoms with Crippen LogP contribution in [-0.4, -0.2) is 76.4 Å². The highest BCUT2D eigenvalue weighted by Gasteiger charge is 2.44. The van der Waals surface area contributed by atoms with Gasteiger partial charge < -0.3 is 16.4 Å². The molecule has 0 bridgehead atoms. The molecule has 2 aromatic carbocycles. The number of fused-ring (bicyclic) bond motifs is 2. The molecule has 0 spiro atoms. The zero-order valence-corrected chi connectivity index (χ0v) is 25.9. The summed E-state index contributed by atoms with van der Waals surface area (Å²) >= 11 is 0. The minimum Gasteiger partial charge on any atom is -0.401 e. The Morgan fingerprint density at radius 2 is 1.85 bits per heavy atom.